The summed E-state index contributed by atoms with van der Waals surface area (Å²) in [5, 5.41) is 23.1. The molecule has 0 spiro atoms. The minimum Gasteiger partial charge on any atom is -0.459 e. The second kappa shape index (κ2) is 22.2. The molecule has 324 valence electrons. The molecule has 0 amide bonds. The molecule has 3 aliphatic heterocycles. The fraction of sp³-hybridized carbons (Fsp3) is 0.950. The first-order chi connectivity index (χ1) is 25.5. The van der Waals surface area contributed by atoms with Gasteiger partial charge >= 0.3 is 5.97 Å². The maximum absolute atomic E-state index is 14.2. The van der Waals surface area contributed by atoms with Crippen molar-refractivity contribution in [2.75, 3.05) is 28.4 Å². The molecule has 0 saturated carbocycles. The summed E-state index contributed by atoms with van der Waals surface area (Å²) in [7, 11) is 6.40. The molecule has 0 aromatic carbocycles. The van der Waals surface area contributed by atoms with E-state index in [9.17, 15) is 19.8 Å². The van der Waals surface area contributed by atoms with Gasteiger partial charge in [-0.2, -0.15) is 0 Å². The molecule has 0 aromatic rings. The summed E-state index contributed by atoms with van der Waals surface area (Å²) < 4.78 is 57.0. The predicted molar refractivity (Wildman–Crippen MR) is 225 cm³/mol. The Morgan fingerprint density at radius 1 is 0.836 bits per heavy atom. The smallest absolute Gasteiger partial charge is 0.311 e. The SMILES string of the molecule is CC(I)I.CC[C@H]1OC(=O)[C@H](C)[C@@H](O[C@H]2C[C@@](C)(OC)[C@@H](OC)[C@H](C)O2)[C@H](C)[C@@H](O[C@@H]2O[C@H](C)CC[C@H]2OC)[C@](C)(OC)C[C@@H](C)C(=O)[C@H](C)[C@@H](O)[C@]1(C)O. The van der Waals surface area contributed by atoms with Crippen molar-refractivity contribution in [2.24, 2.45) is 23.7 Å². The lowest BCUT2D eigenvalue weighted by Crippen LogP contribution is -2.60. The van der Waals surface area contributed by atoms with Crippen molar-refractivity contribution in [1.29, 1.82) is 0 Å². The molecule has 3 heterocycles. The molecule has 3 aliphatic rings. The van der Waals surface area contributed by atoms with E-state index >= 15 is 0 Å². The minimum absolute atomic E-state index is 0.0934. The number of carbonyl (C=O) groups is 2. The van der Waals surface area contributed by atoms with Gasteiger partial charge in [0.2, 0.25) is 0 Å². The zero-order valence-corrected chi connectivity index (χ0v) is 40.2. The van der Waals surface area contributed by atoms with Gasteiger partial charge in [0, 0.05) is 52.6 Å². The predicted octanol–water partition coefficient (Wildman–Crippen LogP) is 6.41. The molecule has 17 atom stereocenters. The largest absolute Gasteiger partial charge is 0.459 e. The lowest BCUT2D eigenvalue weighted by molar-refractivity contribution is -0.318. The molecule has 0 bridgehead atoms. The van der Waals surface area contributed by atoms with Crippen LogP contribution in [-0.4, -0.2) is 131 Å². The normalized spacial score (nSPS) is 45.3. The van der Waals surface area contributed by atoms with Crippen molar-refractivity contribution in [2.45, 2.75) is 188 Å². The quantitative estimate of drug-likeness (QED) is 0.149. The van der Waals surface area contributed by atoms with E-state index < -0.39 is 89.5 Å². The average Bonchev–Trinajstić information content (AvgIpc) is 3.12. The summed E-state index contributed by atoms with van der Waals surface area (Å²) in [5.41, 5.74) is -3.84. The number of methoxy groups -OCH3 is 4. The van der Waals surface area contributed by atoms with Gasteiger partial charge in [-0.1, -0.05) is 72.9 Å². The maximum atomic E-state index is 14.2. The number of ketones is 1. The van der Waals surface area contributed by atoms with Crippen LogP contribution in [0.2, 0.25) is 0 Å². The van der Waals surface area contributed by atoms with Crippen molar-refractivity contribution >= 4 is 56.9 Å². The van der Waals surface area contributed by atoms with Crippen LogP contribution in [0.25, 0.3) is 0 Å². The van der Waals surface area contributed by atoms with E-state index in [1.807, 2.05) is 34.6 Å². The number of Topliss-reactive ketones (excluding diaryl/α,β-unsaturated/α-hetero) is 1. The summed E-state index contributed by atoms with van der Waals surface area (Å²) >= 11 is 4.66. The topological polar surface area (TPSA) is 158 Å². The summed E-state index contributed by atoms with van der Waals surface area (Å²) in [5.74, 6) is -4.06. The van der Waals surface area contributed by atoms with Crippen LogP contribution in [0.3, 0.4) is 0 Å². The van der Waals surface area contributed by atoms with Crippen LogP contribution in [-0.2, 0) is 52.2 Å². The van der Waals surface area contributed by atoms with Gasteiger partial charge < -0.3 is 52.8 Å². The third-order valence-electron chi connectivity index (χ3n) is 12.0. The fourth-order valence-electron chi connectivity index (χ4n) is 8.63. The van der Waals surface area contributed by atoms with Gasteiger partial charge in [0.1, 0.15) is 29.7 Å². The Morgan fingerprint density at radius 3 is 1.91 bits per heavy atom. The van der Waals surface area contributed by atoms with E-state index in [4.69, 9.17) is 42.6 Å². The van der Waals surface area contributed by atoms with Crippen molar-refractivity contribution in [3.8, 4) is 0 Å². The highest BCUT2D eigenvalue weighted by Crippen LogP contribution is 2.42. The van der Waals surface area contributed by atoms with Crippen LogP contribution in [0, 0.1) is 23.7 Å². The molecule has 15 heteroatoms. The Morgan fingerprint density at radius 2 is 1.40 bits per heavy atom. The Hall–Kier alpha value is 0.200. The van der Waals surface area contributed by atoms with Crippen LogP contribution in [0.1, 0.15) is 108 Å². The van der Waals surface area contributed by atoms with Crippen LogP contribution < -0.4 is 0 Å². The van der Waals surface area contributed by atoms with Crippen molar-refractivity contribution in [3.63, 3.8) is 0 Å². The lowest BCUT2D eigenvalue weighted by atomic mass is 9.74. The number of rotatable bonds is 9. The van der Waals surface area contributed by atoms with Gasteiger partial charge in [-0.15, -0.1) is 0 Å². The van der Waals surface area contributed by atoms with Crippen LogP contribution in [0.15, 0.2) is 0 Å². The van der Waals surface area contributed by atoms with Crippen LogP contribution in [0.5, 0.6) is 0 Å². The Labute approximate surface area is 357 Å². The lowest BCUT2D eigenvalue weighted by Gasteiger charge is -2.49. The van der Waals surface area contributed by atoms with Crippen molar-refractivity contribution < 1.29 is 62.4 Å². The standard InChI is InChI=1S/C38H68O13.C2H4I2/c1-15-27-38(10,42)31(40)22(4)29(39)20(2)18-36(8,45-13)32(51-35-26(43-11)17-16-21(3)47-35)23(5)30(24(6)34(41)49-27)50-28-19-37(9,46-14)33(44-12)25(7)48-28;1-2(3)4/h20-28,30-33,35,40,42H,15-19H2,1-14H3;2H,1H3/t20-,21-,22+,23+,24-,25+,26-,27-,28+,30+,31-,32-,33+,35+,36-,37-,38-;/m1./s1. The van der Waals surface area contributed by atoms with Gasteiger partial charge in [0.05, 0.1) is 49.6 Å². The zero-order valence-electron chi connectivity index (χ0n) is 35.8. The molecule has 2 N–H and O–H groups in total. The summed E-state index contributed by atoms with van der Waals surface area (Å²) in [4.78, 5) is 28.2. The zero-order chi connectivity index (χ0) is 42.2. The number of cyclic esters (lactones) is 1. The van der Waals surface area contributed by atoms with E-state index in [1.54, 1.807) is 56.1 Å². The molecule has 3 fully saturated rings. The third-order valence-corrected chi connectivity index (χ3v) is 12.0. The number of hydrogen-bond acceptors (Lipinski definition) is 13. The molecular weight excluding hydrogens is 942 g/mol. The van der Waals surface area contributed by atoms with E-state index in [1.165, 1.54) is 6.92 Å². The van der Waals surface area contributed by atoms with E-state index in [-0.39, 0.29) is 36.9 Å². The first-order valence-electron chi connectivity index (χ1n) is 19.7. The van der Waals surface area contributed by atoms with Gasteiger partial charge in [-0.3, -0.25) is 9.59 Å². The fourth-order valence-corrected chi connectivity index (χ4v) is 8.63. The number of ether oxygens (including phenoxy) is 9. The third kappa shape index (κ3) is 12.9. The Kier molecular flexibility index (Phi) is 20.7. The number of hydrogen-bond donors (Lipinski definition) is 2. The number of esters is 1. The second-order valence-electron chi connectivity index (χ2n) is 16.5. The van der Waals surface area contributed by atoms with Crippen molar-refractivity contribution in [3.05, 3.63) is 0 Å². The van der Waals surface area contributed by atoms with Gasteiger partial charge in [0.15, 0.2) is 12.6 Å². The Balaban J connectivity index is 0.00000248. The summed E-state index contributed by atoms with van der Waals surface area (Å²) in [6.07, 6.45) is -5.05. The first-order valence-corrected chi connectivity index (χ1v) is 22.2. The molecule has 0 aliphatic carbocycles. The molecule has 55 heavy (non-hydrogen) atoms. The van der Waals surface area contributed by atoms with Crippen molar-refractivity contribution in [1.82, 2.24) is 0 Å². The first kappa shape index (κ1) is 51.3. The van der Waals surface area contributed by atoms with Crippen LogP contribution in [0.4, 0.5) is 0 Å². The number of aliphatic hydroxyl groups is 2. The number of alkyl halides is 2. The molecule has 0 unspecified atom stereocenters. The van der Waals surface area contributed by atoms with E-state index in [2.05, 4.69) is 52.1 Å². The molecule has 13 nitrogen and oxygen atoms in total. The van der Waals surface area contributed by atoms with E-state index in [0.29, 0.717) is 12.8 Å². The molecule has 3 saturated heterocycles. The molecule has 0 aromatic heterocycles. The monoisotopic (exact) mass is 1010 g/mol. The average molecular weight is 1010 g/mol. The Bertz CT molecular complexity index is 1190. The summed E-state index contributed by atoms with van der Waals surface area (Å²) in [6.45, 7) is 19.9. The highest BCUT2D eigenvalue weighted by molar-refractivity contribution is 14.2. The van der Waals surface area contributed by atoms with Gasteiger partial charge in [0.25, 0.3) is 0 Å². The molecule has 0 radical (unpaired) electrons. The maximum Gasteiger partial charge on any atom is 0.311 e. The number of carbonyl (C=O) groups excluding carboxylic acids is 2. The van der Waals surface area contributed by atoms with Gasteiger partial charge in [-0.25, -0.2) is 0 Å². The van der Waals surface area contributed by atoms with Gasteiger partial charge in [-0.05, 0) is 74.1 Å². The minimum atomic E-state index is -1.93. The highest BCUT2D eigenvalue weighted by Gasteiger charge is 2.54. The summed E-state index contributed by atoms with van der Waals surface area (Å²) in [6, 6.07) is 0. The number of halogens is 2. The van der Waals surface area contributed by atoms with E-state index in [0.717, 1.165) is 8.35 Å². The second-order valence-corrected chi connectivity index (χ2v) is 22.6. The number of aliphatic hydroxyl groups excluding tert-OH is 1. The van der Waals surface area contributed by atoms with Crippen LogP contribution >= 0.6 is 45.2 Å². The molecule has 3 rings (SSSR count). The molecular formula is C40H72I2O13. The highest BCUT2D eigenvalue weighted by atomic mass is 127.